The predicted molar refractivity (Wildman–Crippen MR) is 111 cm³/mol. The average Bonchev–Trinajstić information content (AvgIpc) is 3.28. The molecule has 8 heteroatoms. The minimum Gasteiger partial charge on any atom is -0.497 e. The zero-order valence-electron chi connectivity index (χ0n) is 16.5. The van der Waals surface area contributed by atoms with Crippen molar-refractivity contribution in [2.45, 2.75) is 6.61 Å². The Labute approximate surface area is 169 Å². The lowest BCUT2D eigenvalue weighted by atomic mass is 10.1. The summed E-state index contributed by atoms with van der Waals surface area (Å²) < 4.78 is 10.8. The van der Waals surface area contributed by atoms with E-state index in [0.717, 1.165) is 16.7 Å². The summed E-state index contributed by atoms with van der Waals surface area (Å²) in [6, 6.07) is 15.0. The smallest absolute Gasteiger partial charge is 0.429 e. The molecule has 0 atom stereocenters. The lowest BCUT2D eigenvalue weighted by Crippen LogP contribution is -2.46. The summed E-state index contributed by atoms with van der Waals surface area (Å²) in [4.78, 5) is 12.9. The fraction of sp³-hybridized carbons (Fsp3) is 0.238. The van der Waals surface area contributed by atoms with Crippen molar-refractivity contribution < 1.29 is 14.3 Å². The van der Waals surface area contributed by atoms with E-state index >= 15 is 0 Å². The molecule has 0 bridgehead atoms. The van der Waals surface area contributed by atoms with E-state index in [1.165, 1.54) is 5.01 Å². The van der Waals surface area contributed by atoms with Gasteiger partial charge in [0.1, 0.15) is 12.4 Å². The Morgan fingerprint density at radius 1 is 1.17 bits per heavy atom. The van der Waals surface area contributed by atoms with E-state index in [-0.39, 0.29) is 6.61 Å². The minimum absolute atomic E-state index is 0.135. The highest BCUT2D eigenvalue weighted by atomic mass is 16.6. The number of hydrazine groups is 1. The molecule has 1 heterocycles. The van der Waals surface area contributed by atoms with Crippen LogP contribution in [-0.4, -0.2) is 48.5 Å². The third-order valence-corrected chi connectivity index (χ3v) is 4.41. The Kier molecular flexibility index (Phi) is 6.83. The van der Waals surface area contributed by atoms with Crippen molar-refractivity contribution in [1.82, 2.24) is 15.2 Å². The van der Waals surface area contributed by atoms with E-state index in [9.17, 15) is 4.79 Å². The first kappa shape index (κ1) is 20.4. The maximum absolute atomic E-state index is 12.9. The number of methoxy groups -OCH3 is 1. The van der Waals surface area contributed by atoms with Crippen molar-refractivity contribution in [3.63, 3.8) is 0 Å². The van der Waals surface area contributed by atoms with Crippen LogP contribution < -0.4 is 15.5 Å². The van der Waals surface area contributed by atoms with Crippen LogP contribution in [0.3, 0.4) is 0 Å². The van der Waals surface area contributed by atoms with Gasteiger partial charge in [-0.2, -0.15) is 5.10 Å². The molecule has 2 aromatic carbocycles. The topological polar surface area (TPSA) is 96.7 Å². The Morgan fingerprint density at radius 3 is 2.62 bits per heavy atom. The Morgan fingerprint density at radius 2 is 1.97 bits per heavy atom. The monoisotopic (exact) mass is 395 g/mol. The minimum atomic E-state index is -0.486. The zero-order chi connectivity index (χ0) is 20.6. The first-order valence-electron chi connectivity index (χ1n) is 9.22. The number of aromatic nitrogens is 2. The summed E-state index contributed by atoms with van der Waals surface area (Å²) in [6.45, 7) is 1.04. The van der Waals surface area contributed by atoms with Crippen LogP contribution in [0.5, 0.6) is 5.75 Å². The molecule has 1 amide bonds. The van der Waals surface area contributed by atoms with Crippen LogP contribution in [0.2, 0.25) is 0 Å². The Balaban J connectivity index is 1.76. The van der Waals surface area contributed by atoms with Crippen LogP contribution in [0.1, 0.15) is 5.56 Å². The third kappa shape index (κ3) is 5.13. The summed E-state index contributed by atoms with van der Waals surface area (Å²) in [5.41, 5.74) is 9.18. The van der Waals surface area contributed by atoms with Gasteiger partial charge < -0.3 is 15.2 Å². The standard InChI is InChI=1S/C21H25N5O3/c1-25(11-10-22)26(19-8-6-17(7-9-19)18-13-23-24-14-18)21(27)29-15-16-4-3-5-20(12-16)28-2/h3-9,12-14H,10-11,15,22H2,1-2H3,(H,23,24). The van der Waals surface area contributed by atoms with Crippen molar-refractivity contribution in [3.8, 4) is 16.9 Å². The molecule has 0 aliphatic heterocycles. The number of ether oxygens (including phenoxy) is 2. The van der Waals surface area contributed by atoms with Crippen molar-refractivity contribution in [2.75, 3.05) is 32.3 Å². The lowest BCUT2D eigenvalue weighted by Gasteiger charge is -2.30. The molecule has 0 aliphatic rings. The van der Waals surface area contributed by atoms with E-state index in [1.807, 2.05) is 54.7 Å². The first-order chi connectivity index (χ1) is 14.1. The molecule has 0 saturated heterocycles. The van der Waals surface area contributed by atoms with Gasteiger partial charge in [0.2, 0.25) is 0 Å². The third-order valence-electron chi connectivity index (χ3n) is 4.41. The number of benzene rings is 2. The molecular formula is C21H25N5O3. The highest BCUT2D eigenvalue weighted by Crippen LogP contribution is 2.24. The number of nitrogens with two attached hydrogens (primary N) is 1. The number of H-pyrrole nitrogens is 1. The summed E-state index contributed by atoms with van der Waals surface area (Å²) in [7, 11) is 3.39. The maximum atomic E-state index is 12.9. The summed E-state index contributed by atoms with van der Waals surface area (Å²) in [5, 5.41) is 9.97. The molecule has 3 rings (SSSR count). The zero-order valence-corrected chi connectivity index (χ0v) is 16.5. The van der Waals surface area contributed by atoms with Crippen LogP contribution in [0, 0.1) is 0 Å². The van der Waals surface area contributed by atoms with Gasteiger partial charge in [-0.25, -0.2) is 14.8 Å². The summed E-state index contributed by atoms with van der Waals surface area (Å²) >= 11 is 0. The molecule has 8 nitrogen and oxygen atoms in total. The molecule has 0 unspecified atom stereocenters. The van der Waals surface area contributed by atoms with Crippen LogP contribution in [0.25, 0.3) is 11.1 Å². The second-order valence-electron chi connectivity index (χ2n) is 6.42. The maximum Gasteiger partial charge on any atom is 0.429 e. The van der Waals surface area contributed by atoms with E-state index < -0.39 is 6.09 Å². The molecular weight excluding hydrogens is 370 g/mol. The lowest BCUT2D eigenvalue weighted by molar-refractivity contribution is 0.129. The van der Waals surface area contributed by atoms with Gasteiger partial charge in [-0.15, -0.1) is 0 Å². The number of amides is 1. The molecule has 29 heavy (non-hydrogen) atoms. The van der Waals surface area contributed by atoms with Crippen molar-refractivity contribution in [2.24, 2.45) is 5.73 Å². The number of carbonyl (C=O) groups excluding carboxylic acids is 1. The first-order valence-corrected chi connectivity index (χ1v) is 9.22. The molecule has 0 saturated carbocycles. The second kappa shape index (κ2) is 9.72. The number of likely N-dealkylation sites (N-methyl/N-ethyl adjacent to an activating group) is 1. The largest absolute Gasteiger partial charge is 0.497 e. The normalized spacial score (nSPS) is 10.8. The van der Waals surface area contributed by atoms with Crippen LogP contribution in [-0.2, 0) is 11.3 Å². The molecule has 0 radical (unpaired) electrons. The molecule has 3 N–H and O–H groups in total. The van der Waals surface area contributed by atoms with E-state index in [4.69, 9.17) is 15.2 Å². The van der Waals surface area contributed by atoms with Gasteiger partial charge in [-0.1, -0.05) is 24.3 Å². The highest BCUT2D eigenvalue weighted by molar-refractivity contribution is 5.87. The molecule has 3 aromatic rings. The summed E-state index contributed by atoms with van der Waals surface area (Å²) in [6.07, 6.45) is 3.07. The van der Waals surface area contributed by atoms with Gasteiger partial charge in [0.15, 0.2) is 0 Å². The van der Waals surface area contributed by atoms with Gasteiger partial charge >= 0.3 is 6.09 Å². The SMILES string of the molecule is COc1cccc(COC(=O)N(c2ccc(-c3cn[nH]c3)cc2)N(C)CCN)c1. The fourth-order valence-electron chi connectivity index (χ4n) is 2.90. The van der Waals surface area contributed by atoms with Gasteiger partial charge in [-0.3, -0.25) is 5.10 Å². The van der Waals surface area contributed by atoms with Gasteiger partial charge in [-0.05, 0) is 35.4 Å². The predicted octanol–water partition coefficient (Wildman–Crippen LogP) is 3.03. The summed E-state index contributed by atoms with van der Waals surface area (Å²) in [5.74, 6) is 0.713. The van der Waals surface area contributed by atoms with Gasteiger partial charge in [0.05, 0.1) is 19.0 Å². The fourth-order valence-corrected chi connectivity index (χ4v) is 2.90. The Hall–Kier alpha value is -3.36. The number of aromatic amines is 1. The molecule has 1 aromatic heterocycles. The Bertz CT molecular complexity index is 912. The highest BCUT2D eigenvalue weighted by Gasteiger charge is 2.22. The quantitative estimate of drug-likeness (QED) is 0.569. The van der Waals surface area contributed by atoms with Crippen LogP contribution in [0.15, 0.2) is 60.9 Å². The molecule has 0 spiro atoms. The second-order valence-corrected chi connectivity index (χ2v) is 6.42. The number of anilines is 1. The van der Waals surface area contributed by atoms with Crippen LogP contribution >= 0.6 is 0 Å². The van der Waals surface area contributed by atoms with Crippen molar-refractivity contribution >= 4 is 11.8 Å². The molecule has 0 fully saturated rings. The van der Waals surface area contributed by atoms with Gasteiger partial charge in [0.25, 0.3) is 0 Å². The number of hydrogen-bond acceptors (Lipinski definition) is 6. The average molecular weight is 395 g/mol. The molecule has 152 valence electrons. The number of nitrogens with zero attached hydrogens (tertiary/aromatic N) is 3. The number of carbonyl (C=O) groups is 1. The van der Waals surface area contributed by atoms with Crippen molar-refractivity contribution in [3.05, 3.63) is 66.5 Å². The number of rotatable bonds is 8. The molecule has 0 aliphatic carbocycles. The van der Waals surface area contributed by atoms with Gasteiger partial charge in [0, 0.05) is 31.9 Å². The van der Waals surface area contributed by atoms with Crippen molar-refractivity contribution in [1.29, 1.82) is 0 Å². The number of nitrogens with one attached hydrogen (secondary N) is 1. The van der Waals surface area contributed by atoms with E-state index in [1.54, 1.807) is 25.4 Å². The van der Waals surface area contributed by atoms with Crippen LogP contribution in [0.4, 0.5) is 10.5 Å². The number of hydrogen-bond donors (Lipinski definition) is 2. The van der Waals surface area contributed by atoms with E-state index in [2.05, 4.69) is 10.2 Å². The van der Waals surface area contributed by atoms with E-state index in [0.29, 0.717) is 24.5 Å².